The number of pyridine rings is 2. The highest BCUT2D eigenvalue weighted by Gasteiger charge is 2.02. The Morgan fingerprint density at radius 1 is 1.00 bits per heavy atom. The maximum Gasteiger partial charge on any atom is 0.161 e. The molecule has 0 unspecified atom stereocenters. The first kappa shape index (κ1) is 13.0. The van der Waals surface area contributed by atoms with Crippen molar-refractivity contribution >= 4 is 5.78 Å². The van der Waals surface area contributed by atoms with E-state index in [1.54, 1.807) is 24.5 Å². The number of aromatic nitrogens is 2. The predicted octanol–water partition coefficient (Wildman–Crippen LogP) is 3.37. The van der Waals surface area contributed by atoms with Gasteiger partial charge in [-0.3, -0.25) is 14.8 Å². The van der Waals surface area contributed by atoms with Crippen molar-refractivity contribution in [3.8, 4) is 11.4 Å². The molecular weight excluding hydrogens is 212 g/mol. The third-order valence-corrected chi connectivity index (χ3v) is 2.10. The summed E-state index contributed by atoms with van der Waals surface area (Å²) in [5, 5.41) is 0. The second kappa shape index (κ2) is 6.53. The minimum absolute atomic E-state index is 0.0232. The lowest BCUT2D eigenvalue weighted by Gasteiger charge is -1.99. The summed E-state index contributed by atoms with van der Waals surface area (Å²) in [5.41, 5.74) is 2.21. The van der Waals surface area contributed by atoms with Gasteiger partial charge in [-0.2, -0.15) is 0 Å². The van der Waals surface area contributed by atoms with Crippen LogP contribution in [0.1, 0.15) is 31.1 Å². The number of carbonyl (C=O) groups is 1. The summed E-state index contributed by atoms with van der Waals surface area (Å²) in [6, 6.07) is 9.21. The van der Waals surface area contributed by atoms with Crippen LogP contribution in [0.4, 0.5) is 0 Å². The van der Waals surface area contributed by atoms with Crippen molar-refractivity contribution in [3.63, 3.8) is 0 Å². The van der Waals surface area contributed by atoms with Gasteiger partial charge in [-0.1, -0.05) is 19.9 Å². The van der Waals surface area contributed by atoms with Crippen molar-refractivity contribution in [2.45, 2.75) is 20.8 Å². The van der Waals surface area contributed by atoms with E-state index in [4.69, 9.17) is 0 Å². The number of nitrogens with zero attached hydrogens (tertiary/aromatic N) is 2. The van der Waals surface area contributed by atoms with E-state index in [0.29, 0.717) is 5.56 Å². The van der Waals surface area contributed by atoms with Gasteiger partial charge in [0.15, 0.2) is 5.78 Å². The second-order valence-electron chi connectivity index (χ2n) is 3.20. The van der Waals surface area contributed by atoms with Crippen LogP contribution in [-0.2, 0) is 0 Å². The number of ketones is 1. The number of Topliss-reactive ketones (excluding diaryl/α,β-unsaturated/α-hetero) is 1. The van der Waals surface area contributed by atoms with Gasteiger partial charge in [-0.15, -0.1) is 0 Å². The van der Waals surface area contributed by atoms with Gasteiger partial charge < -0.3 is 0 Å². The lowest BCUT2D eigenvalue weighted by molar-refractivity contribution is 0.101. The summed E-state index contributed by atoms with van der Waals surface area (Å²) in [7, 11) is 0. The van der Waals surface area contributed by atoms with Crippen molar-refractivity contribution in [2.24, 2.45) is 0 Å². The molecule has 0 bridgehead atoms. The van der Waals surface area contributed by atoms with Gasteiger partial charge in [-0.05, 0) is 31.2 Å². The van der Waals surface area contributed by atoms with Crippen molar-refractivity contribution in [1.29, 1.82) is 0 Å². The molecule has 17 heavy (non-hydrogen) atoms. The minimum atomic E-state index is 0.0232. The Morgan fingerprint density at radius 2 is 1.71 bits per heavy atom. The van der Waals surface area contributed by atoms with Crippen LogP contribution in [0, 0.1) is 0 Å². The first-order chi connectivity index (χ1) is 8.27. The average Bonchev–Trinajstić information content (AvgIpc) is 2.42. The van der Waals surface area contributed by atoms with E-state index in [1.807, 2.05) is 32.0 Å². The maximum absolute atomic E-state index is 11.0. The van der Waals surface area contributed by atoms with Crippen LogP contribution < -0.4 is 0 Å². The lowest BCUT2D eigenvalue weighted by atomic mass is 10.2. The molecule has 0 spiro atoms. The van der Waals surface area contributed by atoms with Gasteiger partial charge in [0.2, 0.25) is 0 Å². The largest absolute Gasteiger partial charge is 0.294 e. The fraction of sp³-hybridized carbons (Fsp3) is 0.214. The van der Waals surface area contributed by atoms with Gasteiger partial charge >= 0.3 is 0 Å². The van der Waals surface area contributed by atoms with Gasteiger partial charge in [0, 0.05) is 18.0 Å². The standard InChI is InChI=1S/C12H10N2O.C2H6/c1-9(15)10-5-6-12(14-8-10)11-4-2-3-7-13-11;1-2/h2-8H,1H3;1-2H3. The van der Waals surface area contributed by atoms with Crippen LogP contribution in [0.3, 0.4) is 0 Å². The zero-order valence-electron chi connectivity index (χ0n) is 10.3. The average molecular weight is 228 g/mol. The summed E-state index contributed by atoms with van der Waals surface area (Å²) in [6.45, 7) is 5.53. The third-order valence-electron chi connectivity index (χ3n) is 2.10. The molecule has 0 saturated carbocycles. The minimum Gasteiger partial charge on any atom is -0.294 e. The van der Waals surface area contributed by atoms with Gasteiger partial charge in [0.25, 0.3) is 0 Å². The highest BCUT2D eigenvalue weighted by atomic mass is 16.1. The molecule has 3 heteroatoms. The van der Waals surface area contributed by atoms with E-state index in [1.165, 1.54) is 6.92 Å². The van der Waals surface area contributed by atoms with Gasteiger partial charge in [0.05, 0.1) is 11.4 Å². The van der Waals surface area contributed by atoms with Crippen molar-refractivity contribution < 1.29 is 4.79 Å². The summed E-state index contributed by atoms with van der Waals surface area (Å²) in [6.07, 6.45) is 3.29. The molecular formula is C14H16N2O. The summed E-state index contributed by atoms with van der Waals surface area (Å²) < 4.78 is 0. The smallest absolute Gasteiger partial charge is 0.161 e. The molecule has 2 aromatic rings. The molecule has 0 aliphatic heterocycles. The maximum atomic E-state index is 11.0. The molecule has 2 aromatic heterocycles. The van der Waals surface area contributed by atoms with Crippen molar-refractivity contribution in [1.82, 2.24) is 9.97 Å². The van der Waals surface area contributed by atoms with E-state index in [0.717, 1.165) is 11.4 Å². The van der Waals surface area contributed by atoms with E-state index in [9.17, 15) is 4.79 Å². The van der Waals surface area contributed by atoms with E-state index < -0.39 is 0 Å². The van der Waals surface area contributed by atoms with Crippen LogP contribution in [0.25, 0.3) is 11.4 Å². The SMILES string of the molecule is CC.CC(=O)c1ccc(-c2ccccn2)nc1. The predicted molar refractivity (Wildman–Crippen MR) is 68.8 cm³/mol. The molecule has 2 heterocycles. The Hall–Kier alpha value is -2.03. The van der Waals surface area contributed by atoms with Gasteiger partial charge in [-0.25, -0.2) is 0 Å². The quantitative estimate of drug-likeness (QED) is 0.740. The summed E-state index contributed by atoms with van der Waals surface area (Å²) in [5.74, 6) is 0.0232. The summed E-state index contributed by atoms with van der Waals surface area (Å²) >= 11 is 0. The van der Waals surface area contributed by atoms with Crippen LogP contribution in [0.2, 0.25) is 0 Å². The number of rotatable bonds is 2. The summed E-state index contributed by atoms with van der Waals surface area (Å²) in [4.78, 5) is 19.4. The lowest BCUT2D eigenvalue weighted by Crippen LogP contribution is -1.94. The number of hydrogen-bond donors (Lipinski definition) is 0. The molecule has 0 N–H and O–H groups in total. The zero-order chi connectivity index (χ0) is 12.7. The fourth-order valence-electron chi connectivity index (χ4n) is 1.27. The highest BCUT2D eigenvalue weighted by Crippen LogP contribution is 2.13. The normalized spacial score (nSPS) is 9.12. The van der Waals surface area contributed by atoms with E-state index in [2.05, 4.69) is 9.97 Å². The van der Waals surface area contributed by atoms with Gasteiger partial charge in [0.1, 0.15) is 0 Å². The van der Waals surface area contributed by atoms with Crippen LogP contribution in [-0.4, -0.2) is 15.8 Å². The highest BCUT2D eigenvalue weighted by molar-refractivity contribution is 5.93. The van der Waals surface area contributed by atoms with Crippen molar-refractivity contribution in [2.75, 3.05) is 0 Å². The van der Waals surface area contributed by atoms with Crippen molar-refractivity contribution in [3.05, 3.63) is 48.3 Å². The first-order valence-electron chi connectivity index (χ1n) is 5.66. The van der Waals surface area contributed by atoms with E-state index in [-0.39, 0.29) is 5.78 Å². The molecule has 2 rings (SSSR count). The Balaban J connectivity index is 0.000000686. The molecule has 3 nitrogen and oxygen atoms in total. The number of hydrogen-bond acceptors (Lipinski definition) is 3. The molecule has 0 aromatic carbocycles. The first-order valence-corrected chi connectivity index (χ1v) is 5.66. The zero-order valence-corrected chi connectivity index (χ0v) is 10.3. The molecule has 0 atom stereocenters. The molecule has 0 fully saturated rings. The van der Waals surface area contributed by atoms with Crippen LogP contribution >= 0.6 is 0 Å². The number of carbonyl (C=O) groups excluding carboxylic acids is 1. The molecule has 0 aliphatic carbocycles. The van der Waals surface area contributed by atoms with E-state index >= 15 is 0 Å². The molecule has 88 valence electrons. The van der Waals surface area contributed by atoms with Crippen LogP contribution in [0.5, 0.6) is 0 Å². The molecule has 0 saturated heterocycles. The monoisotopic (exact) mass is 228 g/mol. The molecule has 0 amide bonds. The van der Waals surface area contributed by atoms with Crippen LogP contribution in [0.15, 0.2) is 42.7 Å². The topological polar surface area (TPSA) is 42.9 Å². The molecule has 0 aliphatic rings. The Bertz CT molecular complexity index is 463. The Kier molecular flexibility index (Phi) is 5.01. The Labute approximate surface area is 102 Å². The fourth-order valence-corrected chi connectivity index (χ4v) is 1.27. The Morgan fingerprint density at radius 3 is 2.18 bits per heavy atom. The molecule has 0 radical (unpaired) electrons. The third kappa shape index (κ3) is 3.48. The second-order valence-corrected chi connectivity index (χ2v) is 3.20.